The topological polar surface area (TPSA) is 98.4 Å². The van der Waals surface area contributed by atoms with Crippen molar-refractivity contribution in [3.05, 3.63) is 24.2 Å². The van der Waals surface area contributed by atoms with Crippen molar-refractivity contribution in [1.29, 1.82) is 0 Å². The summed E-state index contributed by atoms with van der Waals surface area (Å²) in [6.07, 6.45) is 4.19. The lowest BCUT2D eigenvalue weighted by Crippen LogP contribution is -2.16. The van der Waals surface area contributed by atoms with Crippen LogP contribution in [0.3, 0.4) is 0 Å². The number of fused-ring (bicyclic) bond motifs is 3. The predicted molar refractivity (Wildman–Crippen MR) is 79.4 cm³/mol. The molecule has 104 valence electrons. The van der Waals surface area contributed by atoms with Gasteiger partial charge in [0.1, 0.15) is 29.0 Å². The third-order valence-corrected chi connectivity index (χ3v) is 3.26. The Hall–Kier alpha value is -2.41. The van der Waals surface area contributed by atoms with Crippen LogP contribution in [0.25, 0.3) is 16.7 Å². The first kappa shape index (κ1) is 12.6. The highest BCUT2D eigenvalue weighted by molar-refractivity contribution is 5.84. The molecule has 7 heteroatoms. The smallest absolute Gasteiger partial charge is 0.167 e. The molecule has 20 heavy (non-hydrogen) atoms. The van der Waals surface area contributed by atoms with Crippen molar-refractivity contribution in [3.8, 4) is 0 Å². The van der Waals surface area contributed by atoms with Crippen LogP contribution >= 0.6 is 0 Å². The second-order valence-corrected chi connectivity index (χ2v) is 5.08. The molecule has 0 aliphatic carbocycles. The number of nitrogen functional groups attached to an aromatic ring is 2. The fraction of sp³-hybridized carbons (Fsp3) is 0.308. The molecule has 0 aliphatic rings. The Morgan fingerprint density at radius 2 is 2.05 bits per heavy atom. The first-order valence-corrected chi connectivity index (χ1v) is 6.37. The van der Waals surface area contributed by atoms with E-state index in [-0.39, 0.29) is 0 Å². The minimum atomic E-state index is 0.452. The van der Waals surface area contributed by atoms with E-state index >= 15 is 0 Å². The van der Waals surface area contributed by atoms with E-state index in [0.29, 0.717) is 17.3 Å². The van der Waals surface area contributed by atoms with Crippen molar-refractivity contribution >= 4 is 28.3 Å². The van der Waals surface area contributed by atoms with E-state index in [0.717, 1.165) is 29.6 Å². The zero-order valence-corrected chi connectivity index (χ0v) is 11.5. The number of rotatable bonds is 3. The Labute approximate surface area is 116 Å². The van der Waals surface area contributed by atoms with Crippen molar-refractivity contribution in [1.82, 2.24) is 24.3 Å². The number of anilines is 2. The molecule has 0 radical (unpaired) electrons. The van der Waals surface area contributed by atoms with Crippen LogP contribution in [0.15, 0.2) is 18.6 Å². The molecular formula is C13H17N7. The van der Waals surface area contributed by atoms with Gasteiger partial charge in [-0.05, 0) is 32.1 Å². The minimum absolute atomic E-state index is 0.452. The summed E-state index contributed by atoms with van der Waals surface area (Å²) in [6.45, 7) is 0.905. The molecule has 0 spiro atoms. The van der Waals surface area contributed by atoms with E-state index in [1.807, 2.05) is 24.6 Å². The molecule has 0 saturated carbocycles. The van der Waals surface area contributed by atoms with Crippen molar-refractivity contribution in [2.75, 3.05) is 32.1 Å². The average Bonchev–Trinajstić information content (AvgIpc) is 2.87. The molecule has 0 aliphatic heterocycles. The molecule has 0 amide bonds. The van der Waals surface area contributed by atoms with Gasteiger partial charge in [0.2, 0.25) is 0 Å². The molecule has 3 heterocycles. The minimum Gasteiger partial charge on any atom is -0.384 e. The van der Waals surface area contributed by atoms with Crippen molar-refractivity contribution in [3.63, 3.8) is 0 Å². The first-order valence-electron chi connectivity index (χ1n) is 6.37. The molecule has 0 fully saturated rings. The summed E-state index contributed by atoms with van der Waals surface area (Å²) in [5.41, 5.74) is 15.2. The molecule has 0 aromatic carbocycles. The number of likely N-dealkylation sites (N-methyl/N-ethyl adjacent to an activating group) is 1. The van der Waals surface area contributed by atoms with Crippen LogP contribution in [0.4, 0.5) is 11.6 Å². The van der Waals surface area contributed by atoms with E-state index in [1.165, 1.54) is 0 Å². The Morgan fingerprint density at radius 3 is 2.80 bits per heavy atom. The number of nitrogens with two attached hydrogens (primary N) is 2. The maximum atomic E-state index is 5.99. The summed E-state index contributed by atoms with van der Waals surface area (Å²) in [5, 5.41) is 0. The fourth-order valence-corrected chi connectivity index (χ4v) is 2.25. The number of pyridine rings is 1. The van der Waals surface area contributed by atoms with Gasteiger partial charge in [0, 0.05) is 6.54 Å². The molecule has 0 atom stereocenters. The molecule has 3 aromatic rings. The monoisotopic (exact) mass is 271 g/mol. The van der Waals surface area contributed by atoms with Gasteiger partial charge in [-0.3, -0.25) is 4.40 Å². The van der Waals surface area contributed by atoms with Crippen LogP contribution in [0, 0.1) is 0 Å². The number of hydrogen-bond acceptors (Lipinski definition) is 6. The lowest BCUT2D eigenvalue weighted by Gasteiger charge is -2.12. The van der Waals surface area contributed by atoms with Gasteiger partial charge in [-0.2, -0.15) is 0 Å². The second-order valence-electron chi connectivity index (χ2n) is 5.08. The molecule has 3 aromatic heterocycles. The number of aromatic nitrogens is 4. The van der Waals surface area contributed by atoms with Gasteiger partial charge in [-0.15, -0.1) is 0 Å². The number of hydrogen-bond donors (Lipinski definition) is 2. The third-order valence-electron chi connectivity index (χ3n) is 3.26. The summed E-state index contributed by atoms with van der Waals surface area (Å²) in [7, 11) is 4.06. The molecule has 0 bridgehead atoms. The Bertz CT molecular complexity index is 775. The summed E-state index contributed by atoms with van der Waals surface area (Å²) in [4.78, 5) is 15.1. The van der Waals surface area contributed by atoms with Crippen LogP contribution in [-0.4, -0.2) is 44.9 Å². The Morgan fingerprint density at radius 1 is 1.25 bits per heavy atom. The molecular weight excluding hydrogens is 254 g/mol. The van der Waals surface area contributed by atoms with Gasteiger partial charge in [-0.1, -0.05) is 0 Å². The zero-order valence-electron chi connectivity index (χ0n) is 11.5. The van der Waals surface area contributed by atoms with Crippen molar-refractivity contribution in [2.45, 2.75) is 6.42 Å². The van der Waals surface area contributed by atoms with E-state index in [4.69, 9.17) is 11.5 Å². The van der Waals surface area contributed by atoms with Crippen molar-refractivity contribution in [2.24, 2.45) is 0 Å². The molecule has 7 nitrogen and oxygen atoms in total. The predicted octanol–water partition coefficient (Wildman–Crippen LogP) is 0.546. The fourth-order valence-electron chi connectivity index (χ4n) is 2.25. The van der Waals surface area contributed by atoms with Gasteiger partial charge >= 0.3 is 0 Å². The first-order chi connectivity index (χ1) is 9.56. The van der Waals surface area contributed by atoms with Crippen LogP contribution in [0.2, 0.25) is 0 Å². The Balaban J connectivity index is 2.27. The van der Waals surface area contributed by atoms with E-state index in [2.05, 4.69) is 19.9 Å². The third kappa shape index (κ3) is 2.01. The zero-order chi connectivity index (χ0) is 14.3. The maximum Gasteiger partial charge on any atom is 0.167 e. The van der Waals surface area contributed by atoms with Gasteiger partial charge in [0.15, 0.2) is 5.65 Å². The lowest BCUT2D eigenvalue weighted by atomic mass is 10.1. The lowest BCUT2D eigenvalue weighted by molar-refractivity contribution is 0.414. The van der Waals surface area contributed by atoms with Gasteiger partial charge < -0.3 is 16.4 Å². The summed E-state index contributed by atoms with van der Waals surface area (Å²) < 4.78 is 1.83. The van der Waals surface area contributed by atoms with Crippen LogP contribution in [0.1, 0.15) is 5.56 Å². The molecule has 0 saturated heterocycles. The standard InChI is InChI=1S/C13H17N7/c1-19(2)4-3-8-5-10(14)17-13-11(8)18-12(15)9-6-16-7-20(9)13/h5-7H,3-4H2,1-2H3,(H2,14,17)(H2,15,18). The number of imidazole rings is 1. The highest BCUT2D eigenvalue weighted by Crippen LogP contribution is 2.23. The summed E-state index contributed by atoms with van der Waals surface area (Å²) in [6, 6.07) is 1.86. The van der Waals surface area contributed by atoms with E-state index < -0.39 is 0 Å². The van der Waals surface area contributed by atoms with E-state index in [9.17, 15) is 0 Å². The molecule has 3 rings (SSSR count). The maximum absolute atomic E-state index is 5.99. The highest BCUT2D eigenvalue weighted by Gasteiger charge is 2.12. The largest absolute Gasteiger partial charge is 0.384 e. The average molecular weight is 271 g/mol. The molecule has 4 N–H and O–H groups in total. The highest BCUT2D eigenvalue weighted by atomic mass is 15.1. The normalized spacial score (nSPS) is 11.8. The van der Waals surface area contributed by atoms with E-state index in [1.54, 1.807) is 12.5 Å². The number of nitrogens with zero attached hydrogens (tertiary/aromatic N) is 5. The van der Waals surface area contributed by atoms with Gasteiger partial charge in [-0.25, -0.2) is 15.0 Å². The van der Waals surface area contributed by atoms with Crippen molar-refractivity contribution < 1.29 is 0 Å². The quantitative estimate of drug-likeness (QED) is 0.721. The van der Waals surface area contributed by atoms with Gasteiger partial charge in [0.05, 0.1) is 6.20 Å². The molecule has 0 unspecified atom stereocenters. The van der Waals surface area contributed by atoms with Crippen LogP contribution < -0.4 is 11.5 Å². The Kier molecular flexibility index (Phi) is 2.90. The van der Waals surface area contributed by atoms with Gasteiger partial charge in [0.25, 0.3) is 0 Å². The van der Waals surface area contributed by atoms with Crippen LogP contribution in [-0.2, 0) is 6.42 Å². The second kappa shape index (κ2) is 4.61. The summed E-state index contributed by atoms with van der Waals surface area (Å²) in [5.74, 6) is 0.931. The van der Waals surface area contributed by atoms with Crippen LogP contribution in [0.5, 0.6) is 0 Å². The SMILES string of the molecule is CN(C)CCc1cc(N)nc2c1nc(N)c1cncn12. The summed E-state index contributed by atoms with van der Waals surface area (Å²) >= 11 is 0.